The molecule has 0 saturated carbocycles. The van der Waals surface area contributed by atoms with E-state index >= 15 is 0 Å². The molecular weight excluding hydrogens is 241 g/mol. The molecule has 0 aliphatic heterocycles. The van der Waals surface area contributed by atoms with Gasteiger partial charge in [0.05, 0.1) is 6.61 Å². The predicted molar refractivity (Wildman–Crippen MR) is 76.2 cm³/mol. The zero-order valence-electron chi connectivity index (χ0n) is 11.9. The third-order valence-corrected chi connectivity index (χ3v) is 2.65. The van der Waals surface area contributed by atoms with E-state index in [0.717, 1.165) is 18.7 Å². The Morgan fingerprint density at radius 3 is 2.74 bits per heavy atom. The molecular formula is C16H22FNO. The fraction of sp³-hybridized carbons (Fsp3) is 0.500. The van der Waals surface area contributed by atoms with E-state index in [-0.39, 0.29) is 12.4 Å². The van der Waals surface area contributed by atoms with Crippen molar-refractivity contribution in [1.29, 1.82) is 0 Å². The van der Waals surface area contributed by atoms with Crippen LogP contribution < -0.4 is 0 Å². The van der Waals surface area contributed by atoms with E-state index in [0.29, 0.717) is 17.9 Å². The molecule has 3 heteroatoms. The van der Waals surface area contributed by atoms with Crippen molar-refractivity contribution in [3.8, 4) is 11.8 Å². The Balaban J connectivity index is 2.85. The summed E-state index contributed by atoms with van der Waals surface area (Å²) in [6.07, 6.45) is 0.414. The Hall–Kier alpha value is -1.37. The van der Waals surface area contributed by atoms with Crippen LogP contribution in [0.1, 0.15) is 31.4 Å². The molecule has 0 saturated heterocycles. The van der Waals surface area contributed by atoms with E-state index in [1.807, 2.05) is 7.05 Å². The summed E-state index contributed by atoms with van der Waals surface area (Å²) >= 11 is 0. The Morgan fingerprint density at radius 1 is 1.37 bits per heavy atom. The van der Waals surface area contributed by atoms with Gasteiger partial charge in [-0.2, -0.15) is 0 Å². The van der Waals surface area contributed by atoms with Crippen molar-refractivity contribution in [1.82, 2.24) is 4.90 Å². The molecule has 0 aromatic heterocycles. The van der Waals surface area contributed by atoms with Crippen LogP contribution in [0.2, 0.25) is 0 Å². The van der Waals surface area contributed by atoms with E-state index in [2.05, 4.69) is 30.6 Å². The monoisotopic (exact) mass is 263 g/mol. The molecule has 0 amide bonds. The van der Waals surface area contributed by atoms with Gasteiger partial charge in [-0.05, 0) is 30.7 Å². The molecule has 0 aliphatic carbocycles. The first-order valence-corrected chi connectivity index (χ1v) is 6.59. The lowest BCUT2D eigenvalue weighted by Crippen LogP contribution is -2.23. The van der Waals surface area contributed by atoms with E-state index in [4.69, 9.17) is 5.11 Å². The second-order valence-corrected chi connectivity index (χ2v) is 5.17. The molecule has 0 radical (unpaired) electrons. The molecule has 1 aromatic rings. The number of halogens is 1. The summed E-state index contributed by atoms with van der Waals surface area (Å²) < 4.78 is 13.3. The molecule has 0 bridgehead atoms. The predicted octanol–water partition coefficient (Wildman–Crippen LogP) is 2.65. The van der Waals surface area contributed by atoms with Crippen LogP contribution in [0.25, 0.3) is 0 Å². The molecule has 1 rings (SSSR count). The highest BCUT2D eigenvalue weighted by atomic mass is 19.1. The minimum atomic E-state index is -0.274. The average Bonchev–Trinajstić information content (AvgIpc) is 2.32. The topological polar surface area (TPSA) is 23.5 Å². The molecule has 0 heterocycles. The van der Waals surface area contributed by atoms with Gasteiger partial charge < -0.3 is 10.0 Å². The lowest BCUT2D eigenvalue weighted by molar-refractivity contribution is 0.288. The summed E-state index contributed by atoms with van der Waals surface area (Å²) in [6.45, 7) is 6.11. The Morgan fingerprint density at radius 2 is 2.11 bits per heavy atom. The lowest BCUT2D eigenvalue weighted by Gasteiger charge is -2.19. The first kappa shape index (κ1) is 15.7. The van der Waals surface area contributed by atoms with E-state index in [1.165, 1.54) is 12.1 Å². The molecule has 2 nitrogen and oxygen atoms in total. The molecule has 0 spiro atoms. The minimum absolute atomic E-state index is 0.0326. The quantitative estimate of drug-likeness (QED) is 0.826. The van der Waals surface area contributed by atoms with Gasteiger partial charge in [-0.15, -0.1) is 0 Å². The van der Waals surface area contributed by atoms with Crippen molar-refractivity contribution >= 4 is 0 Å². The molecule has 0 aliphatic rings. The maximum Gasteiger partial charge on any atom is 0.124 e. The number of nitrogens with zero attached hydrogens (tertiary/aromatic N) is 1. The fourth-order valence-electron chi connectivity index (χ4n) is 2.00. The van der Waals surface area contributed by atoms with Gasteiger partial charge in [0.2, 0.25) is 0 Å². The van der Waals surface area contributed by atoms with Crippen LogP contribution in [0.4, 0.5) is 4.39 Å². The van der Waals surface area contributed by atoms with Crippen LogP contribution in [0.15, 0.2) is 18.2 Å². The number of aliphatic hydroxyl groups is 1. The Kier molecular flexibility index (Phi) is 6.55. The minimum Gasteiger partial charge on any atom is -0.395 e. The highest BCUT2D eigenvalue weighted by Crippen LogP contribution is 2.13. The van der Waals surface area contributed by atoms with Crippen molar-refractivity contribution in [2.75, 3.05) is 20.2 Å². The molecule has 19 heavy (non-hydrogen) atoms. The fourth-order valence-corrected chi connectivity index (χ4v) is 2.00. The van der Waals surface area contributed by atoms with Gasteiger partial charge in [-0.1, -0.05) is 31.8 Å². The van der Waals surface area contributed by atoms with Gasteiger partial charge in [0.1, 0.15) is 5.82 Å². The first-order valence-electron chi connectivity index (χ1n) is 6.59. The van der Waals surface area contributed by atoms with Gasteiger partial charge in [0.25, 0.3) is 0 Å². The number of aliphatic hydroxyl groups excluding tert-OH is 1. The number of rotatable bonds is 5. The second kappa shape index (κ2) is 7.93. The van der Waals surface area contributed by atoms with Crippen molar-refractivity contribution in [2.24, 2.45) is 5.92 Å². The van der Waals surface area contributed by atoms with Gasteiger partial charge in [-0.3, -0.25) is 0 Å². The average molecular weight is 263 g/mol. The van der Waals surface area contributed by atoms with Crippen LogP contribution in [0, 0.1) is 23.6 Å². The Labute approximate surface area is 115 Å². The van der Waals surface area contributed by atoms with Crippen molar-refractivity contribution < 1.29 is 9.50 Å². The van der Waals surface area contributed by atoms with Crippen LogP contribution >= 0.6 is 0 Å². The largest absolute Gasteiger partial charge is 0.395 e. The molecule has 0 unspecified atom stereocenters. The maximum atomic E-state index is 13.3. The van der Waals surface area contributed by atoms with Gasteiger partial charge in [-0.25, -0.2) is 4.39 Å². The summed E-state index contributed by atoms with van der Waals surface area (Å²) in [6, 6.07) is 4.72. The normalized spacial score (nSPS) is 10.7. The molecule has 1 N–H and O–H groups in total. The number of benzene rings is 1. The van der Waals surface area contributed by atoms with Crippen LogP contribution in [0.3, 0.4) is 0 Å². The highest BCUT2D eigenvalue weighted by Gasteiger charge is 2.07. The van der Waals surface area contributed by atoms with Crippen LogP contribution in [-0.2, 0) is 6.54 Å². The van der Waals surface area contributed by atoms with Gasteiger partial charge in [0, 0.05) is 25.1 Å². The SMILES string of the molecule is CC(C)CN(C)Cc1ccc(F)cc1C#CCCO. The molecule has 1 aromatic carbocycles. The van der Waals surface area contributed by atoms with Gasteiger partial charge >= 0.3 is 0 Å². The Bertz CT molecular complexity index is 460. The number of hydrogen-bond donors (Lipinski definition) is 1. The zero-order valence-corrected chi connectivity index (χ0v) is 11.9. The molecule has 0 fully saturated rings. The van der Waals surface area contributed by atoms with E-state index in [1.54, 1.807) is 6.07 Å². The third kappa shape index (κ3) is 5.87. The van der Waals surface area contributed by atoms with Crippen molar-refractivity contribution in [2.45, 2.75) is 26.8 Å². The smallest absolute Gasteiger partial charge is 0.124 e. The van der Waals surface area contributed by atoms with Crippen molar-refractivity contribution in [3.63, 3.8) is 0 Å². The highest BCUT2D eigenvalue weighted by molar-refractivity contribution is 5.41. The zero-order chi connectivity index (χ0) is 14.3. The van der Waals surface area contributed by atoms with Crippen LogP contribution in [0.5, 0.6) is 0 Å². The maximum absolute atomic E-state index is 13.3. The summed E-state index contributed by atoms with van der Waals surface area (Å²) in [7, 11) is 2.05. The number of hydrogen-bond acceptors (Lipinski definition) is 2. The standard InChI is InChI=1S/C16H22FNO/c1-13(2)11-18(3)12-15-7-8-16(17)10-14(15)6-4-5-9-19/h7-8,10,13,19H,5,9,11-12H2,1-3H3. The van der Waals surface area contributed by atoms with Crippen molar-refractivity contribution in [3.05, 3.63) is 35.1 Å². The van der Waals surface area contributed by atoms with Crippen LogP contribution in [-0.4, -0.2) is 30.2 Å². The second-order valence-electron chi connectivity index (χ2n) is 5.17. The van der Waals surface area contributed by atoms with E-state index in [9.17, 15) is 4.39 Å². The summed E-state index contributed by atoms with van der Waals surface area (Å²) in [5, 5.41) is 8.73. The summed E-state index contributed by atoms with van der Waals surface area (Å²) in [5.74, 6) is 6.10. The molecule has 0 atom stereocenters. The molecule has 104 valence electrons. The van der Waals surface area contributed by atoms with E-state index < -0.39 is 0 Å². The van der Waals surface area contributed by atoms with Gasteiger partial charge in [0.15, 0.2) is 0 Å². The summed E-state index contributed by atoms with van der Waals surface area (Å²) in [5.41, 5.74) is 1.74. The third-order valence-electron chi connectivity index (χ3n) is 2.65. The lowest BCUT2D eigenvalue weighted by atomic mass is 10.1. The summed E-state index contributed by atoms with van der Waals surface area (Å²) in [4.78, 5) is 2.20. The first-order chi connectivity index (χ1) is 9.02.